The van der Waals surface area contributed by atoms with E-state index in [9.17, 15) is 14.4 Å². The Bertz CT molecular complexity index is 869. The highest BCUT2D eigenvalue weighted by atomic mass is 16.6. The molecule has 0 bridgehead atoms. The number of carbonyl (C=O) groups is 3. The summed E-state index contributed by atoms with van der Waals surface area (Å²) in [7, 11) is 1.53. The number of fused-ring (bicyclic) bond motifs is 4. The molecular weight excluding hydrogens is 352 g/mol. The molecule has 0 aromatic heterocycles. The van der Waals surface area contributed by atoms with Crippen LogP contribution in [0.5, 0.6) is 0 Å². The van der Waals surface area contributed by atoms with Gasteiger partial charge >= 0.3 is 6.09 Å². The first-order valence-electron chi connectivity index (χ1n) is 8.61. The first-order valence-corrected chi connectivity index (χ1v) is 8.61. The minimum Gasteiger partial charge on any atom is -0.449 e. The highest BCUT2D eigenvalue weighted by Gasteiger charge is 2.72. The maximum absolute atomic E-state index is 13.3. The van der Waals surface area contributed by atoms with Gasteiger partial charge in [-0.05, 0) is 6.92 Å². The van der Waals surface area contributed by atoms with Crippen molar-refractivity contribution >= 4 is 17.7 Å². The first-order chi connectivity index (χ1) is 12.9. The number of ketones is 2. The van der Waals surface area contributed by atoms with Crippen molar-refractivity contribution in [2.75, 3.05) is 26.8 Å². The predicted molar refractivity (Wildman–Crippen MR) is 92.8 cm³/mol. The molecule has 2 saturated heterocycles. The van der Waals surface area contributed by atoms with E-state index in [1.165, 1.54) is 7.11 Å². The normalized spacial score (nSPS) is 33.5. The van der Waals surface area contributed by atoms with Gasteiger partial charge in [0.1, 0.15) is 6.61 Å². The van der Waals surface area contributed by atoms with Gasteiger partial charge < -0.3 is 30.7 Å². The average Bonchev–Trinajstić information content (AvgIpc) is 3.24. The van der Waals surface area contributed by atoms with Gasteiger partial charge in [0.25, 0.3) is 0 Å². The zero-order chi connectivity index (χ0) is 19.5. The number of ether oxygens (including phenoxy) is 2. The van der Waals surface area contributed by atoms with Gasteiger partial charge in [-0.2, -0.15) is 0 Å². The van der Waals surface area contributed by atoms with Crippen LogP contribution >= 0.6 is 0 Å². The summed E-state index contributed by atoms with van der Waals surface area (Å²) < 4.78 is 10.9. The van der Waals surface area contributed by atoms with Crippen molar-refractivity contribution in [3.63, 3.8) is 0 Å². The number of nitrogens with two attached hydrogens (primary N) is 1. The monoisotopic (exact) mass is 372 g/mol. The van der Waals surface area contributed by atoms with Crippen molar-refractivity contribution < 1.29 is 23.9 Å². The van der Waals surface area contributed by atoms with Crippen LogP contribution in [0.2, 0.25) is 0 Å². The van der Waals surface area contributed by atoms with Crippen LogP contribution in [0.4, 0.5) is 4.79 Å². The standard InChI is InChI=1S/C18H20N4O5/c1-4-5-20-12-8(2)14(23)13-11(15(12)24)9(7-27-17(19)25)18(26-3)16-10(21-16)6-22(13)18/h1,9-10,16,20-21H,5-7H2,2-3H3,(H2,19,25)/t9-,10+,16+,18-/m0/s1. The molecule has 1 amide bonds. The molecule has 0 aromatic rings. The van der Waals surface area contributed by atoms with E-state index in [4.69, 9.17) is 21.6 Å². The van der Waals surface area contributed by atoms with Gasteiger partial charge in [0.05, 0.1) is 29.9 Å². The third kappa shape index (κ3) is 2.17. The maximum atomic E-state index is 13.3. The minimum atomic E-state index is -0.974. The second-order valence-corrected chi connectivity index (χ2v) is 6.98. The number of piperazine rings is 1. The number of nitrogens with zero attached hydrogens (tertiary/aromatic N) is 1. The lowest BCUT2D eigenvalue weighted by molar-refractivity contribution is -0.137. The van der Waals surface area contributed by atoms with Crippen molar-refractivity contribution in [3.8, 4) is 12.3 Å². The lowest BCUT2D eigenvalue weighted by Crippen LogP contribution is -2.55. The fourth-order valence-corrected chi connectivity index (χ4v) is 4.64. The zero-order valence-corrected chi connectivity index (χ0v) is 15.0. The summed E-state index contributed by atoms with van der Waals surface area (Å²) in [4.78, 5) is 39.4. The summed E-state index contributed by atoms with van der Waals surface area (Å²) in [6.45, 7) is 2.08. The van der Waals surface area contributed by atoms with E-state index in [1.54, 1.807) is 6.92 Å². The average molecular weight is 372 g/mol. The van der Waals surface area contributed by atoms with E-state index < -0.39 is 17.7 Å². The Hall–Kier alpha value is -2.83. The lowest BCUT2D eigenvalue weighted by Gasteiger charge is -2.39. The Morgan fingerprint density at radius 3 is 2.85 bits per heavy atom. The van der Waals surface area contributed by atoms with Gasteiger partial charge in [-0.15, -0.1) is 6.42 Å². The Balaban J connectivity index is 1.80. The molecule has 4 N–H and O–H groups in total. The molecular formula is C18H20N4O5. The van der Waals surface area contributed by atoms with Gasteiger partial charge in [-0.1, -0.05) is 5.92 Å². The van der Waals surface area contributed by atoms with E-state index in [1.807, 2.05) is 4.90 Å². The number of carbonyl (C=O) groups excluding carboxylic acids is 3. The molecule has 0 radical (unpaired) electrons. The number of allylic oxidation sites excluding steroid dienone is 2. The number of amides is 1. The molecule has 4 aliphatic rings. The molecule has 27 heavy (non-hydrogen) atoms. The number of terminal acetylenes is 1. The van der Waals surface area contributed by atoms with Crippen LogP contribution in [0, 0.1) is 18.3 Å². The highest BCUT2D eigenvalue weighted by molar-refractivity contribution is 6.25. The summed E-state index contributed by atoms with van der Waals surface area (Å²) >= 11 is 0. The number of Topliss-reactive ketones (excluding diaryl/α,β-unsaturated/α-hetero) is 2. The number of rotatable bonds is 5. The highest BCUT2D eigenvalue weighted by Crippen LogP contribution is 2.55. The van der Waals surface area contributed by atoms with Crippen molar-refractivity contribution in [1.82, 2.24) is 15.5 Å². The lowest BCUT2D eigenvalue weighted by atomic mass is 9.82. The van der Waals surface area contributed by atoms with Crippen LogP contribution in [0.1, 0.15) is 6.92 Å². The van der Waals surface area contributed by atoms with Crippen LogP contribution in [-0.4, -0.2) is 67.2 Å². The SMILES string of the molecule is C#CCNC1=C(C)C(=O)C2=C(C1=O)[C@H](COC(N)=O)[C@]1(OC)[C@@H]3N[C@@H]3CN21. The fourth-order valence-electron chi connectivity index (χ4n) is 4.64. The molecule has 3 heterocycles. The van der Waals surface area contributed by atoms with Crippen LogP contribution in [0.25, 0.3) is 0 Å². The second kappa shape index (κ2) is 5.84. The van der Waals surface area contributed by atoms with Crippen LogP contribution in [0.15, 0.2) is 22.5 Å². The zero-order valence-electron chi connectivity index (χ0n) is 15.0. The van der Waals surface area contributed by atoms with E-state index in [2.05, 4.69) is 16.6 Å². The van der Waals surface area contributed by atoms with Crippen molar-refractivity contribution in [1.29, 1.82) is 0 Å². The van der Waals surface area contributed by atoms with Gasteiger partial charge in [-0.3, -0.25) is 9.59 Å². The second-order valence-electron chi connectivity index (χ2n) is 6.98. The molecule has 1 aliphatic carbocycles. The van der Waals surface area contributed by atoms with Gasteiger partial charge in [0.2, 0.25) is 11.6 Å². The smallest absolute Gasteiger partial charge is 0.404 e. The summed E-state index contributed by atoms with van der Waals surface area (Å²) in [5.74, 6) is 1.16. The minimum absolute atomic E-state index is 0.0717. The van der Waals surface area contributed by atoms with E-state index in [-0.39, 0.29) is 48.1 Å². The summed E-state index contributed by atoms with van der Waals surface area (Å²) in [6.07, 6.45) is 4.32. The number of nitrogens with one attached hydrogen (secondary N) is 2. The van der Waals surface area contributed by atoms with Crippen LogP contribution in [-0.2, 0) is 19.1 Å². The predicted octanol–water partition coefficient (Wildman–Crippen LogP) is -1.39. The Labute approximate surface area is 155 Å². The van der Waals surface area contributed by atoms with Crippen LogP contribution in [0.3, 0.4) is 0 Å². The number of hydrogen-bond acceptors (Lipinski definition) is 8. The van der Waals surface area contributed by atoms with Gasteiger partial charge in [0, 0.05) is 30.8 Å². The molecule has 0 unspecified atom stereocenters. The first kappa shape index (κ1) is 17.6. The molecule has 0 aromatic carbocycles. The van der Waals surface area contributed by atoms with Crippen molar-refractivity contribution in [2.45, 2.75) is 24.7 Å². The molecule has 2 fully saturated rings. The molecule has 0 saturated carbocycles. The number of hydrogen-bond donors (Lipinski definition) is 3. The summed E-state index contributed by atoms with van der Waals surface area (Å²) in [5, 5.41) is 6.15. The maximum Gasteiger partial charge on any atom is 0.404 e. The molecule has 4 atom stereocenters. The molecule has 9 nitrogen and oxygen atoms in total. The molecule has 142 valence electrons. The quantitative estimate of drug-likeness (QED) is 0.305. The third-order valence-electron chi connectivity index (χ3n) is 5.80. The molecule has 0 spiro atoms. The van der Waals surface area contributed by atoms with Gasteiger partial charge in [0.15, 0.2) is 5.72 Å². The van der Waals surface area contributed by atoms with E-state index >= 15 is 0 Å². The van der Waals surface area contributed by atoms with Crippen LogP contribution < -0.4 is 16.4 Å². The van der Waals surface area contributed by atoms with Gasteiger partial charge in [-0.25, -0.2) is 4.79 Å². The number of methoxy groups -OCH3 is 1. The molecule has 9 heteroatoms. The number of primary amides is 1. The van der Waals surface area contributed by atoms with E-state index in [0.717, 1.165) is 0 Å². The largest absolute Gasteiger partial charge is 0.449 e. The molecule has 4 rings (SSSR count). The summed E-state index contributed by atoms with van der Waals surface area (Å²) in [5.41, 5.74) is 5.24. The molecule has 3 aliphatic heterocycles. The summed E-state index contributed by atoms with van der Waals surface area (Å²) in [6, 6.07) is 0.0841. The topological polar surface area (TPSA) is 133 Å². The van der Waals surface area contributed by atoms with Crippen molar-refractivity contribution in [2.24, 2.45) is 11.7 Å². The third-order valence-corrected chi connectivity index (χ3v) is 5.80. The Kier molecular flexibility index (Phi) is 3.80. The van der Waals surface area contributed by atoms with Crippen molar-refractivity contribution in [3.05, 3.63) is 22.5 Å². The van der Waals surface area contributed by atoms with E-state index in [0.29, 0.717) is 17.8 Å². The Morgan fingerprint density at radius 2 is 2.22 bits per heavy atom. The Morgan fingerprint density at radius 1 is 1.48 bits per heavy atom. The fraction of sp³-hybridized carbons (Fsp3) is 0.500.